The zero-order chi connectivity index (χ0) is 29.5. The van der Waals surface area contributed by atoms with Gasteiger partial charge in [-0.3, -0.25) is 0 Å². The quantitative estimate of drug-likeness (QED) is 0.0906. The number of halogens is 2. The topological polar surface area (TPSA) is 37.3 Å². The molecule has 0 saturated carbocycles. The van der Waals surface area contributed by atoms with Crippen LogP contribution in [0.25, 0.3) is 0 Å². The van der Waals surface area contributed by atoms with Crippen molar-refractivity contribution in [1.29, 1.82) is 0 Å². The van der Waals surface area contributed by atoms with Crippen LogP contribution in [0.5, 0.6) is 0 Å². The SMILES string of the molecule is CBr.CC.CC.CCCC(C)[B]C(C)CC(C)(C)O.CCCC(C)[B]C(C)CC(C)=O.I.[CH2-]CCC.[Li+]. The second-order valence-corrected chi connectivity index (χ2v) is 9.65. The first-order valence-corrected chi connectivity index (χ1v) is 16.0. The van der Waals surface area contributed by atoms with Crippen molar-refractivity contribution >= 4 is 60.2 Å². The Morgan fingerprint density at radius 2 is 1.11 bits per heavy atom. The van der Waals surface area contributed by atoms with Crippen molar-refractivity contribution < 1.29 is 28.8 Å². The molecule has 37 heavy (non-hydrogen) atoms. The molecule has 0 aromatic heterocycles. The van der Waals surface area contributed by atoms with Crippen molar-refractivity contribution in [3.05, 3.63) is 6.92 Å². The number of aliphatic hydroxyl groups is 1. The first-order valence-electron chi connectivity index (χ1n) is 14.4. The average Bonchev–Trinajstić information content (AvgIpc) is 2.77. The summed E-state index contributed by atoms with van der Waals surface area (Å²) in [6.07, 6.45) is 8.81. The van der Waals surface area contributed by atoms with E-state index in [9.17, 15) is 9.90 Å². The van der Waals surface area contributed by atoms with E-state index >= 15 is 0 Å². The summed E-state index contributed by atoms with van der Waals surface area (Å²) in [5.41, 5.74) is -0.526. The minimum atomic E-state index is -0.526. The van der Waals surface area contributed by atoms with Gasteiger partial charge in [-0.25, -0.2) is 0 Å². The average molecular weight is 697 g/mol. The Bertz CT molecular complexity index is 372. The number of carbonyl (C=O) groups excluding carboxylic acids is 1. The molecule has 0 aromatic carbocycles. The van der Waals surface area contributed by atoms with E-state index in [-0.39, 0.29) is 42.8 Å². The van der Waals surface area contributed by atoms with Gasteiger partial charge in [0.1, 0.15) is 20.3 Å². The van der Waals surface area contributed by atoms with E-state index in [1.807, 2.05) is 47.4 Å². The molecule has 0 aliphatic rings. The van der Waals surface area contributed by atoms with Crippen LogP contribution in [0.4, 0.5) is 0 Å². The fourth-order valence-corrected chi connectivity index (χ4v) is 3.60. The van der Waals surface area contributed by atoms with Gasteiger partial charge in [-0.15, -0.1) is 24.0 Å². The number of hydrogen-bond acceptors (Lipinski definition) is 2. The normalized spacial score (nSPS) is 12.2. The van der Waals surface area contributed by atoms with Crippen LogP contribution in [-0.2, 0) is 4.79 Å². The fraction of sp³-hybridized carbons (Fsp3) is 0.933. The molecule has 0 rings (SSSR count). The van der Waals surface area contributed by atoms with Gasteiger partial charge < -0.3 is 16.8 Å². The van der Waals surface area contributed by atoms with Gasteiger partial charge in [0.2, 0.25) is 0 Å². The second kappa shape index (κ2) is 47.4. The summed E-state index contributed by atoms with van der Waals surface area (Å²) in [6, 6.07) is 0. The van der Waals surface area contributed by atoms with Crippen molar-refractivity contribution in [2.24, 2.45) is 0 Å². The number of carbonyl (C=O) groups is 1. The van der Waals surface area contributed by atoms with Gasteiger partial charge in [-0.2, -0.15) is 6.42 Å². The largest absolute Gasteiger partial charge is 1.00 e. The number of Topliss-reactive ketones (excluding diaryl/α,β-unsaturated/α-hetero) is 1. The van der Waals surface area contributed by atoms with Crippen molar-refractivity contribution in [2.45, 2.75) is 177 Å². The van der Waals surface area contributed by atoms with Crippen LogP contribution in [0, 0.1) is 6.92 Å². The molecule has 4 atom stereocenters. The summed E-state index contributed by atoms with van der Waals surface area (Å²) in [6.45, 7) is 32.3. The summed E-state index contributed by atoms with van der Waals surface area (Å²) < 4.78 is 0. The maximum atomic E-state index is 10.8. The Balaban J connectivity index is -0.0000000540. The molecule has 0 fully saturated rings. The van der Waals surface area contributed by atoms with E-state index in [0.717, 1.165) is 12.8 Å². The standard InChI is InChI=1S/C11H24BO.C10H20BO.C4H9.2C2H6.CH3Br.HI.Li/c1-6-7-9(2)12-10(3)8-11(4,5)13;1-5-6-8(2)11-9(3)7-10(4)12;1-3-4-2;3*1-2;;/h9-10,13H,6-8H2,1-5H3;8-9H,5-7H2,1-4H3;1,3-4H2,2H3;2*1-2H3;1H3;1H;/q;;-1;;;;;+1. The molecule has 0 heterocycles. The third-order valence-corrected chi connectivity index (χ3v) is 4.59. The Morgan fingerprint density at radius 3 is 1.32 bits per heavy atom. The van der Waals surface area contributed by atoms with E-state index in [4.69, 9.17) is 0 Å². The maximum Gasteiger partial charge on any atom is 1.00 e. The molecule has 1 N–H and O–H groups in total. The molecule has 0 aliphatic heterocycles. The fourth-order valence-electron chi connectivity index (χ4n) is 3.60. The van der Waals surface area contributed by atoms with E-state index in [1.165, 1.54) is 32.1 Å². The Kier molecular flexibility index (Phi) is 74.6. The first kappa shape index (κ1) is 58.3. The van der Waals surface area contributed by atoms with Gasteiger partial charge in [-0.05, 0) is 33.0 Å². The van der Waals surface area contributed by atoms with Crippen LogP contribution in [0.3, 0.4) is 0 Å². The predicted molar refractivity (Wildman–Crippen MR) is 188 cm³/mol. The maximum absolute atomic E-state index is 10.8. The van der Waals surface area contributed by atoms with Crippen LogP contribution in [-0.4, -0.2) is 36.9 Å². The van der Waals surface area contributed by atoms with Gasteiger partial charge in [-0.1, -0.05) is 147 Å². The van der Waals surface area contributed by atoms with Gasteiger partial charge in [0, 0.05) is 6.42 Å². The molecule has 0 bridgehead atoms. The molecule has 4 unspecified atom stereocenters. The molecule has 0 aromatic rings. The predicted octanol–water partition coefficient (Wildman–Crippen LogP) is 8.66. The molecule has 2 nitrogen and oxygen atoms in total. The Hall–Kier alpha value is 1.57. The van der Waals surface area contributed by atoms with E-state index in [2.05, 4.69) is 85.9 Å². The molecule has 2 radical (unpaired) electrons. The van der Waals surface area contributed by atoms with Crippen LogP contribution < -0.4 is 18.9 Å². The van der Waals surface area contributed by atoms with Crippen LogP contribution in [0.1, 0.15) is 148 Å². The third-order valence-electron chi connectivity index (χ3n) is 4.59. The number of rotatable bonds is 13. The molecular weight excluding hydrogens is 628 g/mol. The molecular formula is C30H69B2BrILiO2. The van der Waals surface area contributed by atoms with E-state index in [1.54, 1.807) is 6.92 Å². The second-order valence-electron chi connectivity index (χ2n) is 9.65. The van der Waals surface area contributed by atoms with Crippen molar-refractivity contribution in [2.75, 3.05) is 5.83 Å². The Morgan fingerprint density at radius 1 is 0.811 bits per heavy atom. The van der Waals surface area contributed by atoms with Crippen molar-refractivity contribution in [1.82, 2.24) is 0 Å². The van der Waals surface area contributed by atoms with Gasteiger partial charge >= 0.3 is 18.9 Å². The molecule has 0 amide bonds. The summed E-state index contributed by atoms with van der Waals surface area (Å²) in [7, 11) is 4.66. The summed E-state index contributed by atoms with van der Waals surface area (Å²) in [5.74, 6) is 4.41. The van der Waals surface area contributed by atoms with Gasteiger partial charge in [0.25, 0.3) is 0 Å². The molecule has 222 valence electrons. The molecule has 0 aliphatic carbocycles. The summed E-state index contributed by atoms with van der Waals surface area (Å²) in [5, 5.41) is 9.61. The van der Waals surface area contributed by atoms with Crippen molar-refractivity contribution in [3.8, 4) is 0 Å². The van der Waals surface area contributed by atoms with E-state index in [0.29, 0.717) is 35.5 Å². The monoisotopic (exact) mass is 696 g/mol. The van der Waals surface area contributed by atoms with Crippen LogP contribution in [0.2, 0.25) is 23.3 Å². The molecule has 7 heteroatoms. The number of ketones is 1. The zero-order valence-electron chi connectivity index (χ0n) is 28.5. The smallest absolute Gasteiger partial charge is 0.390 e. The molecule has 0 saturated heterocycles. The Labute approximate surface area is 277 Å². The third kappa shape index (κ3) is 72.7. The van der Waals surface area contributed by atoms with Gasteiger partial charge in [0.15, 0.2) is 0 Å². The molecule has 0 spiro atoms. The van der Waals surface area contributed by atoms with Crippen LogP contribution >= 0.6 is 39.9 Å². The first-order chi connectivity index (χ1) is 16.3. The van der Waals surface area contributed by atoms with E-state index < -0.39 is 5.60 Å². The van der Waals surface area contributed by atoms with Gasteiger partial charge in [0.05, 0.1) is 5.60 Å². The number of alkyl halides is 1. The number of hydrogen-bond donors (Lipinski definition) is 1. The summed E-state index contributed by atoms with van der Waals surface area (Å²) >= 11 is 2.94. The summed E-state index contributed by atoms with van der Waals surface area (Å²) in [4.78, 5) is 10.8. The number of unbranched alkanes of at least 4 members (excludes halogenated alkanes) is 1. The minimum absolute atomic E-state index is 0. The van der Waals surface area contributed by atoms with Crippen LogP contribution in [0.15, 0.2) is 0 Å². The zero-order valence-corrected chi connectivity index (χ0v) is 32.4. The van der Waals surface area contributed by atoms with Crippen molar-refractivity contribution in [3.63, 3.8) is 0 Å². The minimum Gasteiger partial charge on any atom is -0.390 e.